The molecule has 0 aromatic carbocycles. The number of carbonyl (C=O) groups excluding carboxylic acids is 1. The Kier molecular flexibility index (Phi) is 4.83. The topological polar surface area (TPSA) is 90.2 Å². The molecule has 126 valence electrons. The third kappa shape index (κ3) is 3.95. The molecular weight excluding hydrogens is 310 g/mol. The highest BCUT2D eigenvalue weighted by Gasteiger charge is 2.25. The summed E-state index contributed by atoms with van der Waals surface area (Å²) in [5, 5.41) is 3.92. The Morgan fingerprint density at radius 3 is 3.04 bits per heavy atom. The molecule has 1 fully saturated rings. The van der Waals surface area contributed by atoms with E-state index in [-0.39, 0.29) is 24.1 Å². The van der Waals surface area contributed by atoms with Crippen molar-refractivity contribution in [3.63, 3.8) is 0 Å². The molecule has 1 amide bonds. The molecule has 8 nitrogen and oxygen atoms in total. The summed E-state index contributed by atoms with van der Waals surface area (Å²) in [6, 6.07) is 4.65. The lowest BCUT2D eigenvalue weighted by molar-refractivity contribution is -0.134. The Balaban J connectivity index is 1.61. The summed E-state index contributed by atoms with van der Waals surface area (Å²) in [7, 11) is 0. The molecule has 0 radical (unpaired) electrons. The molecule has 3 rings (SSSR count). The third-order valence-electron chi connectivity index (χ3n) is 3.84. The smallest absolute Gasteiger partial charge is 0.267 e. The molecule has 0 bridgehead atoms. The molecule has 1 atom stereocenters. The van der Waals surface area contributed by atoms with Crippen LogP contribution in [0.5, 0.6) is 5.88 Å². The van der Waals surface area contributed by atoms with Gasteiger partial charge in [0.05, 0.1) is 6.54 Å². The number of hydrogen-bond acceptors (Lipinski definition) is 6. The van der Waals surface area contributed by atoms with E-state index in [9.17, 15) is 9.59 Å². The van der Waals surface area contributed by atoms with Gasteiger partial charge >= 0.3 is 0 Å². The summed E-state index contributed by atoms with van der Waals surface area (Å²) < 4.78 is 7.03. The summed E-state index contributed by atoms with van der Waals surface area (Å²) in [5.74, 6) is 1.02. The predicted octanol–water partition coefficient (Wildman–Crippen LogP) is 0.412. The van der Waals surface area contributed by atoms with Crippen LogP contribution in [-0.4, -0.2) is 49.7 Å². The molecule has 24 heavy (non-hydrogen) atoms. The number of rotatable bonds is 4. The maximum Gasteiger partial charge on any atom is 0.267 e. The van der Waals surface area contributed by atoms with Crippen LogP contribution in [0.1, 0.15) is 18.7 Å². The molecule has 2 aromatic rings. The van der Waals surface area contributed by atoms with E-state index in [2.05, 4.69) is 15.1 Å². The van der Waals surface area contributed by atoms with E-state index in [1.54, 1.807) is 30.2 Å². The van der Waals surface area contributed by atoms with Gasteiger partial charge in [0, 0.05) is 31.1 Å². The van der Waals surface area contributed by atoms with E-state index in [0.717, 1.165) is 12.8 Å². The molecule has 8 heteroatoms. The zero-order chi connectivity index (χ0) is 16.9. The van der Waals surface area contributed by atoms with Crippen molar-refractivity contribution in [2.24, 2.45) is 0 Å². The summed E-state index contributed by atoms with van der Waals surface area (Å²) >= 11 is 0. The van der Waals surface area contributed by atoms with Gasteiger partial charge < -0.3 is 9.64 Å². The summed E-state index contributed by atoms with van der Waals surface area (Å²) in [5.41, 5.74) is -0.285. The highest BCUT2D eigenvalue weighted by molar-refractivity contribution is 5.76. The van der Waals surface area contributed by atoms with Crippen LogP contribution < -0.4 is 10.3 Å². The number of carbonyl (C=O) groups is 1. The first-order valence-corrected chi connectivity index (χ1v) is 7.88. The van der Waals surface area contributed by atoms with E-state index in [4.69, 9.17) is 4.74 Å². The largest absolute Gasteiger partial charge is 0.472 e. The first-order valence-electron chi connectivity index (χ1n) is 7.88. The fraction of sp³-hybridized carbons (Fsp3) is 0.438. The second-order valence-corrected chi connectivity index (χ2v) is 5.68. The molecule has 0 saturated carbocycles. The molecule has 0 spiro atoms. The Morgan fingerprint density at radius 1 is 1.38 bits per heavy atom. The van der Waals surface area contributed by atoms with Gasteiger partial charge in [0.1, 0.15) is 18.5 Å². The van der Waals surface area contributed by atoms with Crippen molar-refractivity contribution in [3.05, 3.63) is 46.8 Å². The molecule has 0 N–H and O–H groups in total. The Morgan fingerprint density at radius 2 is 2.25 bits per heavy atom. The van der Waals surface area contributed by atoms with E-state index >= 15 is 0 Å². The lowest BCUT2D eigenvalue weighted by atomic mass is 10.1. The number of nitrogens with zero attached hydrogens (tertiary/aromatic N) is 5. The van der Waals surface area contributed by atoms with Crippen LogP contribution in [0.3, 0.4) is 0 Å². The van der Waals surface area contributed by atoms with E-state index < -0.39 is 0 Å². The fourth-order valence-corrected chi connectivity index (χ4v) is 2.67. The van der Waals surface area contributed by atoms with Crippen molar-refractivity contribution in [3.8, 4) is 5.88 Å². The third-order valence-corrected chi connectivity index (χ3v) is 3.84. The predicted molar refractivity (Wildman–Crippen MR) is 85.5 cm³/mol. The van der Waals surface area contributed by atoms with Crippen LogP contribution in [0, 0.1) is 6.92 Å². The Hall–Kier alpha value is -2.77. The molecule has 1 aliphatic rings. The average Bonchev–Trinajstić information content (AvgIpc) is 2.57. The maximum atomic E-state index is 12.4. The highest BCUT2D eigenvalue weighted by Crippen LogP contribution is 2.16. The standard InChI is InChI=1S/C16H19N5O3/c1-12-17-8-6-14(19-12)24-13-4-3-9-20(10-13)16(23)11-21-15(22)5-2-7-18-21/h2,5-8,13H,3-4,9-11H2,1H3. The lowest BCUT2D eigenvalue weighted by Crippen LogP contribution is -2.46. The number of amides is 1. The zero-order valence-corrected chi connectivity index (χ0v) is 13.5. The summed E-state index contributed by atoms with van der Waals surface area (Å²) in [6.45, 7) is 2.87. The van der Waals surface area contributed by atoms with Crippen LogP contribution in [0.4, 0.5) is 0 Å². The normalized spacial score (nSPS) is 17.5. The van der Waals surface area contributed by atoms with Crippen LogP contribution in [-0.2, 0) is 11.3 Å². The number of aryl methyl sites for hydroxylation is 1. The molecule has 1 saturated heterocycles. The van der Waals surface area contributed by atoms with Gasteiger partial charge in [-0.1, -0.05) is 0 Å². The minimum absolute atomic E-state index is 0.0565. The van der Waals surface area contributed by atoms with Crippen LogP contribution in [0.15, 0.2) is 35.4 Å². The number of aromatic nitrogens is 4. The number of hydrogen-bond donors (Lipinski definition) is 0. The zero-order valence-electron chi connectivity index (χ0n) is 13.5. The van der Waals surface area contributed by atoms with Gasteiger partial charge in [0.15, 0.2) is 0 Å². The van der Waals surface area contributed by atoms with Crippen LogP contribution in [0.25, 0.3) is 0 Å². The van der Waals surface area contributed by atoms with Gasteiger partial charge in [-0.15, -0.1) is 0 Å². The van der Waals surface area contributed by atoms with Crippen molar-refractivity contribution >= 4 is 5.91 Å². The molecular formula is C16H19N5O3. The number of ether oxygens (including phenoxy) is 1. The minimum Gasteiger partial charge on any atom is -0.472 e. The maximum absolute atomic E-state index is 12.4. The highest BCUT2D eigenvalue weighted by atomic mass is 16.5. The summed E-state index contributed by atoms with van der Waals surface area (Å²) in [6.07, 6.45) is 4.73. The van der Waals surface area contributed by atoms with Crippen molar-refractivity contribution in [2.45, 2.75) is 32.4 Å². The summed E-state index contributed by atoms with van der Waals surface area (Å²) in [4.78, 5) is 34.1. The molecule has 0 aliphatic carbocycles. The van der Waals surface area contributed by atoms with Gasteiger partial charge in [-0.2, -0.15) is 10.1 Å². The van der Waals surface area contributed by atoms with Gasteiger partial charge in [0.2, 0.25) is 11.8 Å². The van der Waals surface area contributed by atoms with E-state index in [1.807, 2.05) is 0 Å². The Labute approximate surface area is 139 Å². The van der Waals surface area contributed by atoms with Gasteiger partial charge in [-0.05, 0) is 25.8 Å². The Bertz CT molecular complexity index is 776. The van der Waals surface area contributed by atoms with Gasteiger partial charge in [0.25, 0.3) is 5.56 Å². The van der Waals surface area contributed by atoms with Crippen molar-refractivity contribution < 1.29 is 9.53 Å². The van der Waals surface area contributed by atoms with Crippen LogP contribution >= 0.6 is 0 Å². The van der Waals surface area contributed by atoms with Crippen molar-refractivity contribution in [2.75, 3.05) is 13.1 Å². The van der Waals surface area contributed by atoms with Crippen LogP contribution in [0.2, 0.25) is 0 Å². The van der Waals surface area contributed by atoms with E-state index in [0.29, 0.717) is 24.8 Å². The SMILES string of the molecule is Cc1nccc(OC2CCCN(C(=O)Cn3ncccc3=O)C2)n1. The quantitative estimate of drug-likeness (QED) is 0.807. The van der Waals surface area contributed by atoms with Gasteiger partial charge in [-0.25, -0.2) is 9.67 Å². The first-order chi connectivity index (χ1) is 11.6. The van der Waals surface area contributed by atoms with E-state index in [1.165, 1.54) is 16.9 Å². The molecule has 1 aliphatic heterocycles. The molecule has 3 heterocycles. The molecule has 2 aromatic heterocycles. The lowest BCUT2D eigenvalue weighted by Gasteiger charge is -2.32. The monoisotopic (exact) mass is 329 g/mol. The van der Waals surface area contributed by atoms with Crippen molar-refractivity contribution in [1.29, 1.82) is 0 Å². The van der Waals surface area contributed by atoms with Crippen molar-refractivity contribution in [1.82, 2.24) is 24.6 Å². The second-order valence-electron chi connectivity index (χ2n) is 5.68. The average molecular weight is 329 g/mol. The number of piperidine rings is 1. The number of likely N-dealkylation sites (tertiary alicyclic amines) is 1. The second kappa shape index (κ2) is 7.20. The fourth-order valence-electron chi connectivity index (χ4n) is 2.67. The minimum atomic E-state index is -0.285. The molecule has 1 unspecified atom stereocenters. The van der Waals surface area contributed by atoms with Gasteiger partial charge in [-0.3, -0.25) is 9.59 Å². The first kappa shape index (κ1) is 16.1.